The molecule has 3 nitrogen and oxygen atoms in total. The maximum atomic E-state index is 14.6. The molecule has 2 N–H and O–H groups in total. The zero-order valence-corrected chi connectivity index (χ0v) is 18.4. The highest BCUT2D eigenvalue weighted by atomic mass is 35.5. The maximum absolute atomic E-state index is 14.6. The Hall–Kier alpha value is -1.36. The van der Waals surface area contributed by atoms with Crippen molar-refractivity contribution in [3.05, 3.63) is 58.5 Å². The lowest BCUT2D eigenvalue weighted by molar-refractivity contribution is -0.121. The van der Waals surface area contributed by atoms with E-state index in [-0.39, 0.29) is 22.7 Å². The molecule has 0 saturated carbocycles. The molecule has 0 radical (unpaired) electrons. The summed E-state index contributed by atoms with van der Waals surface area (Å²) in [6.07, 6.45) is 6.98. The molecule has 2 rings (SSSR count). The van der Waals surface area contributed by atoms with E-state index in [0.717, 1.165) is 12.1 Å². The largest absolute Gasteiger partial charge is 0.329 e. The van der Waals surface area contributed by atoms with Gasteiger partial charge in [0, 0.05) is 35.3 Å². The average Bonchev–Trinajstić information content (AvgIpc) is 2.55. The van der Waals surface area contributed by atoms with Gasteiger partial charge in [-0.2, -0.15) is 0 Å². The number of carbonyl (C=O) groups is 1. The summed E-state index contributed by atoms with van der Waals surface area (Å²) >= 11 is 12.0. The lowest BCUT2D eigenvalue weighted by Gasteiger charge is -2.26. The van der Waals surface area contributed by atoms with Crippen molar-refractivity contribution in [2.24, 2.45) is 5.41 Å². The van der Waals surface area contributed by atoms with Gasteiger partial charge in [0.2, 0.25) is 5.91 Å². The number of hydrogen-bond acceptors (Lipinski definition) is 2. The second-order valence-electron chi connectivity index (χ2n) is 8.58. The van der Waals surface area contributed by atoms with Crippen molar-refractivity contribution >= 4 is 29.1 Å². The first kappa shape index (κ1) is 22.9. The summed E-state index contributed by atoms with van der Waals surface area (Å²) in [4.78, 5) is 13.0. The minimum atomic E-state index is -0.680. The number of amides is 1. The first-order chi connectivity index (χ1) is 13.0. The molecular formula is C22H29Cl2FN2O. The number of rotatable bonds is 7. The molecule has 1 aromatic rings. The van der Waals surface area contributed by atoms with Crippen molar-refractivity contribution in [1.29, 1.82) is 0 Å². The van der Waals surface area contributed by atoms with Crippen LogP contribution < -0.4 is 10.6 Å². The normalized spacial score (nSPS) is 19.1. The number of hydrogen-bond donors (Lipinski definition) is 2. The molecular weight excluding hydrogens is 398 g/mol. The molecule has 6 heteroatoms. The Bertz CT molecular complexity index is 755. The number of halogens is 3. The Morgan fingerprint density at radius 2 is 2.07 bits per heavy atom. The van der Waals surface area contributed by atoms with Crippen LogP contribution in [0.3, 0.4) is 0 Å². The van der Waals surface area contributed by atoms with E-state index in [1.54, 1.807) is 12.1 Å². The third-order valence-corrected chi connectivity index (χ3v) is 5.09. The van der Waals surface area contributed by atoms with Crippen LogP contribution in [-0.4, -0.2) is 23.9 Å². The summed E-state index contributed by atoms with van der Waals surface area (Å²) in [6.45, 7) is 8.90. The maximum Gasteiger partial charge on any atom is 0.233 e. The van der Waals surface area contributed by atoms with Gasteiger partial charge in [-0.15, -0.1) is 11.6 Å². The van der Waals surface area contributed by atoms with E-state index in [1.807, 2.05) is 18.2 Å². The van der Waals surface area contributed by atoms with Crippen LogP contribution in [0.1, 0.15) is 52.0 Å². The molecule has 3 unspecified atom stereocenters. The topological polar surface area (TPSA) is 41.1 Å². The van der Waals surface area contributed by atoms with E-state index in [0.29, 0.717) is 23.6 Å². The molecule has 0 aromatic heterocycles. The molecule has 1 aliphatic rings. The molecule has 0 heterocycles. The van der Waals surface area contributed by atoms with Crippen LogP contribution in [0, 0.1) is 11.2 Å². The summed E-state index contributed by atoms with van der Waals surface area (Å²) < 4.78 is 14.6. The number of nitrogens with one attached hydrogen (secondary N) is 2. The van der Waals surface area contributed by atoms with Crippen LogP contribution in [0.5, 0.6) is 0 Å². The Morgan fingerprint density at radius 1 is 1.36 bits per heavy atom. The van der Waals surface area contributed by atoms with Crippen LogP contribution in [0.25, 0.3) is 0 Å². The van der Waals surface area contributed by atoms with E-state index >= 15 is 0 Å². The molecule has 1 aliphatic carbocycles. The van der Waals surface area contributed by atoms with Gasteiger partial charge in [-0.3, -0.25) is 4.79 Å². The summed E-state index contributed by atoms with van der Waals surface area (Å²) in [5, 5.41) is 6.44. The van der Waals surface area contributed by atoms with Crippen molar-refractivity contribution in [1.82, 2.24) is 10.6 Å². The van der Waals surface area contributed by atoms with Gasteiger partial charge >= 0.3 is 0 Å². The van der Waals surface area contributed by atoms with E-state index in [2.05, 4.69) is 38.3 Å². The molecule has 0 aliphatic heterocycles. The highest BCUT2D eigenvalue weighted by molar-refractivity contribution is 6.30. The summed E-state index contributed by atoms with van der Waals surface area (Å²) in [7, 11) is 0. The van der Waals surface area contributed by atoms with Crippen molar-refractivity contribution in [2.45, 2.75) is 57.9 Å². The first-order valence-corrected chi connectivity index (χ1v) is 10.4. The third-order valence-electron chi connectivity index (χ3n) is 4.56. The van der Waals surface area contributed by atoms with E-state index < -0.39 is 11.7 Å². The molecule has 0 saturated heterocycles. The van der Waals surface area contributed by atoms with Gasteiger partial charge < -0.3 is 10.6 Å². The fraction of sp³-hybridized carbons (Fsp3) is 0.500. The van der Waals surface area contributed by atoms with Crippen molar-refractivity contribution < 1.29 is 9.18 Å². The standard InChI is InChI=1S/C22H29Cl2FN2O/c1-14(12-22(2,3)4)26-13-19(18-9-8-16(24)11-20(18)25)21(28)27-17-7-5-6-15(23)10-17/h5-9,11,14-15,19,26H,10,12-13H2,1-4H3,(H,27,28). The second kappa shape index (κ2) is 9.91. The second-order valence-corrected chi connectivity index (χ2v) is 9.58. The van der Waals surface area contributed by atoms with Crippen LogP contribution >= 0.6 is 23.2 Å². The smallest absolute Gasteiger partial charge is 0.233 e. The Kier molecular flexibility index (Phi) is 8.11. The lowest BCUT2D eigenvalue weighted by Crippen LogP contribution is -2.39. The van der Waals surface area contributed by atoms with Gasteiger partial charge in [-0.1, -0.05) is 50.6 Å². The van der Waals surface area contributed by atoms with E-state index in [4.69, 9.17) is 23.2 Å². The number of carbonyl (C=O) groups excluding carboxylic acids is 1. The zero-order chi connectivity index (χ0) is 20.9. The first-order valence-electron chi connectivity index (χ1n) is 9.56. The zero-order valence-electron chi connectivity index (χ0n) is 16.9. The Morgan fingerprint density at radius 3 is 2.68 bits per heavy atom. The number of benzene rings is 1. The minimum absolute atomic E-state index is 0.157. The Labute approximate surface area is 177 Å². The average molecular weight is 427 g/mol. The third kappa shape index (κ3) is 7.23. The van der Waals surface area contributed by atoms with Crippen LogP contribution in [-0.2, 0) is 4.79 Å². The summed E-state index contributed by atoms with van der Waals surface area (Å²) in [5.41, 5.74) is 1.21. The van der Waals surface area contributed by atoms with Gasteiger partial charge in [0.15, 0.2) is 0 Å². The fourth-order valence-electron chi connectivity index (χ4n) is 3.41. The van der Waals surface area contributed by atoms with Gasteiger partial charge in [0.05, 0.1) is 11.3 Å². The quantitative estimate of drug-likeness (QED) is 0.561. The molecule has 154 valence electrons. The number of alkyl halides is 1. The van der Waals surface area contributed by atoms with Gasteiger partial charge in [0.1, 0.15) is 5.82 Å². The number of allylic oxidation sites excluding steroid dienone is 4. The summed E-state index contributed by atoms with van der Waals surface area (Å²) in [6, 6.07) is 4.62. The van der Waals surface area contributed by atoms with Gasteiger partial charge in [-0.05, 0) is 37.0 Å². The molecule has 1 aromatic carbocycles. The van der Waals surface area contributed by atoms with Crippen molar-refractivity contribution in [3.63, 3.8) is 0 Å². The summed E-state index contributed by atoms with van der Waals surface area (Å²) in [5.74, 6) is -1.42. The van der Waals surface area contributed by atoms with Crippen LogP contribution in [0.4, 0.5) is 4.39 Å². The highest BCUT2D eigenvalue weighted by Gasteiger charge is 2.26. The molecule has 28 heavy (non-hydrogen) atoms. The predicted octanol–water partition coefficient (Wildman–Crippen LogP) is 5.54. The van der Waals surface area contributed by atoms with E-state index in [9.17, 15) is 9.18 Å². The SMILES string of the molecule is CC(CC(C)(C)C)NCC(C(=O)NC1=CC=CC(Cl)C1)c1ccc(Cl)cc1F. The Balaban J connectivity index is 2.17. The van der Waals surface area contributed by atoms with Gasteiger partial charge in [-0.25, -0.2) is 4.39 Å². The highest BCUT2D eigenvalue weighted by Crippen LogP contribution is 2.25. The monoisotopic (exact) mass is 426 g/mol. The molecule has 3 atom stereocenters. The van der Waals surface area contributed by atoms with Crippen LogP contribution in [0.15, 0.2) is 42.1 Å². The molecule has 0 fully saturated rings. The van der Waals surface area contributed by atoms with Crippen molar-refractivity contribution in [2.75, 3.05) is 6.54 Å². The molecule has 1 amide bonds. The van der Waals surface area contributed by atoms with Gasteiger partial charge in [0.25, 0.3) is 0 Å². The minimum Gasteiger partial charge on any atom is -0.329 e. The van der Waals surface area contributed by atoms with Crippen molar-refractivity contribution in [3.8, 4) is 0 Å². The van der Waals surface area contributed by atoms with Crippen LogP contribution in [0.2, 0.25) is 5.02 Å². The molecule has 0 spiro atoms. The fourth-order valence-corrected chi connectivity index (χ4v) is 3.82. The molecule has 0 bridgehead atoms. The lowest BCUT2D eigenvalue weighted by atomic mass is 9.88. The van der Waals surface area contributed by atoms with E-state index in [1.165, 1.54) is 6.07 Å². The predicted molar refractivity (Wildman–Crippen MR) is 115 cm³/mol.